The Morgan fingerprint density at radius 3 is 2.44 bits per heavy atom. The molecular weight excluding hydrogens is 217 g/mol. The molecule has 2 N–H and O–H groups in total. The average molecular weight is 238 g/mol. The number of hydrogen-bond donors (Lipinski definition) is 2. The predicted molar refractivity (Wildman–Crippen MR) is 58.3 cm³/mol. The van der Waals surface area contributed by atoms with E-state index in [9.17, 15) is 13.2 Å². The molecule has 2 nitrogen and oxygen atoms in total. The van der Waals surface area contributed by atoms with Crippen LogP contribution in [0.15, 0.2) is 0 Å². The van der Waals surface area contributed by atoms with Gasteiger partial charge in [-0.25, -0.2) is 0 Å². The molecule has 1 rings (SSSR count). The molecule has 1 unspecified atom stereocenters. The molecule has 0 aromatic carbocycles. The van der Waals surface area contributed by atoms with Crippen LogP contribution in [0.25, 0.3) is 0 Å². The Bertz CT molecular complexity index is 208. The van der Waals surface area contributed by atoms with E-state index in [-0.39, 0.29) is 5.41 Å². The van der Waals surface area contributed by atoms with Crippen molar-refractivity contribution in [2.24, 2.45) is 11.3 Å². The Hall–Kier alpha value is -0.290. The zero-order valence-corrected chi connectivity index (χ0v) is 9.95. The van der Waals surface area contributed by atoms with Gasteiger partial charge in [0.1, 0.15) is 0 Å². The van der Waals surface area contributed by atoms with Crippen molar-refractivity contribution in [3.8, 4) is 0 Å². The molecule has 0 aliphatic carbocycles. The van der Waals surface area contributed by atoms with Gasteiger partial charge in [0.25, 0.3) is 0 Å². The lowest BCUT2D eigenvalue weighted by molar-refractivity contribution is -0.125. The van der Waals surface area contributed by atoms with Crippen LogP contribution in [0.4, 0.5) is 13.2 Å². The number of rotatable bonds is 4. The van der Waals surface area contributed by atoms with E-state index in [1.807, 2.05) is 13.8 Å². The van der Waals surface area contributed by atoms with Crippen molar-refractivity contribution >= 4 is 0 Å². The van der Waals surface area contributed by atoms with Crippen LogP contribution in [0, 0.1) is 11.3 Å². The summed E-state index contributed by atoms with van der Waals surface area (Å²) >= 11 is 0. The maximum Gasteiger partial charge on any atom is 0.401 e. The highest BCUT2D eigenvalue weighted by molar-refractivity contribution is 4.84. The van der Waals surface area contributed by atoms with Crippen LogP contribution in [0.3, 0.4) is 0 Å². The molecule has 96 valence electrons. The maximum absolute atomic E-state index is 12.0. The van der Waals surface area contributed by atoms with Crippen molar-refractivity contribution in [1.29, 1.82) is 0 Å². The van der Waals surface area contributed by atoms with Gasteiger partial charge in [0.05, 0.1) is 6.54 Å². The third kappa shape index (κ3) is 4.70. The Kier molecular flexibility index (Phi) is 4.62. The van der Waals surface area contributed by atoms with Gasteiger partial charge in [0.15, 0.2) is 0 Å². The summed E-state index contributed by atoms with van der Waals surface area (Å²) in [6, 6.07) is 0. The molecule has 0 bridgehead atoms. The summed E-state index contributed by atoms with van der Waals surface area (Å²) in [7, 11) is 0. The number of nitrogens with one attached hydrogen (secondary N) is 2. The molecule has 0 saturated carbocycles. The molecule has 0 aromatic rings. The molecule has 16 heavy (non-hydrogen) atoms. The minimum atomic E-state index is -4.11. The molecule has 0 radical (unpaired) electrons. The summed E-state index contributed by atoms with van der Waals surface area (Å²) in [5.41, 5.74) is -0.0847. The number of halogens is 3. The molecule has 1 atom stereocenters. The van der Waals surface area contributed by atoms with Gasteiger partial charge in [0.2, 0.25) is 0 Å². The Morgan fingerprint density at radius 1 is 1.25 bits per heavy atom. The fraction of sp³-hybridized carbons (Fsp3) is 1.00. The van der Waals surface area contributed by atoms with Crippen molar-refractivity contribution in [1.82, 2.24) is 10.6 Å². The number of hydrogen-bond acceptors (Lipinski definition) is 2. The first-order chi connectivity index (χ1) is 7.31. The smallest absolute Gasteiger partial charge is 0.316 e. The molecule has 1 aliphatic heterocycles. The average Bonchev–Trinajstić information content (AvgIpc) is 2.17. The highest BCUT2D eigenvalue weighted by atomic mass is 19.4. The standard InChI is InChI=1S/C11H21F3N2/c1-10(2,7-16-8-11(12,13)14)9-4-3-5-15-6-9/h9,15-16H,3-8H2,1-2H3. The largest absolute Gasteiger partial charge is 0.401 e. The lowest BCUT2D eigenvalue weighted by Gasteiger charge is -2.37. The van der Waals surface area contributed by atoms with Crippen LogP contribution in [-0.2, 0) is 0 Å². The van der Waals surface area contributed by atoms with Crippen molar-refractivity contribution in [2.75, 3.05) is 26.2 Å². The fourth-order valence-corrected chi connectivity index (χ4v) is 2.19. The van der Waals surface area contributed by atoms with Gasteiger partial charge >= 0.3 is 6.18 Å². The first-order valence-corrected chi connectivity index (χ1v) is 5.79. The monoisotopic (exact) mass is 238 g/mol. The van der Waals surface area contributed by atoms with Crippen molar-refractivity contribution in [3.63, 3.8) is 0 Å². The summed E-state index contributed by atoms with van der Waals surface area (Å²) in [6.45, 7) is 5.54. The van der Waals surface area contributed by atoms with Gasteiger partial charge in [-0.2, -0.15) is 13.2 Å². The summed E-state index contributed by atoms with van der Waals surface area (Å²) in [5.74, 6) is 0.460. The second-order valence-electron chi connectivity index (χ2n) is 5.25. The van der Waals surface area contributed by atoms with Gasteiger partial charge in [-0.1, -0.05) is 13.8 Å². The molecule has 1 fully saturated rings. The van der Waals surface area contributed by atoms with E-state index < -0.39 is 12.7 Å². The van der Waals surface area contributed by atoms with Gasteiger partial charge in [0, 0.05) is 6.54 Å². The van der Waals surface area contributed by atoms with Crippen LogP contribution in [0.1, 0.15) is 26.7 Å². The molecule has 0 spiro atoms. The topological polar surface area (TPSA) is 24.1 Å². The molecule has 5 heteroatoms. The van der Waals surface area contributed by atoms with Gasteiger partial charge < -0.3 is 10.6 Å². The molecule has 1 aliphatic rings. The minimum Gasteiger partial charge on any atom is -0.316 e. The van der Waals surface area contributed by atoms with E-state index in [4.69, 9.17) is 0 Å². The maximum atomic E-state index is 12.0. The number of piperidine rings is 1. The van der Waals surface area contributed by atoms with Crippen LogP contribution in [0.2, 0.25) is 0 Å². The van der Waals surface area contributed by atoms with Crippen LogP contribution in [-0.4, -0.2) is 32.4 Å². The minimum absolute atomic E-state index is 0.0847. The van der Waals surface area contributed by atoms with Gasteiger partial charge in [-0.3, -0.25) is 0 Å². The Morgan fingerprint density at radius 2 is 1.94 bits per heavy atom. The lowest BCUT2D eigenvalue weighted by Crippen LogP contribution is -2.45. The summed E-state index contributed by atoms with van der Waals surface area (Å²) in [6.07, 6.45) is -1.89. The quantitative estimate of drug-likeness (QED) is 0.784. The SMILES string of the molecule is CC(C)(CNCC(F)(F)F)C1CCCNC1. The van der Waals surface area contributed by atoms with E-state index >= 15 is 0 Å². The normalized spacial score (nSPS) is 23.4. The van der Waals surface area contributed by atoms with Crippen molar-refractivity contribution < 1.29 is 13.2 Å². The summed E-state index contributed by atoms with van der Waals surface area (Å²) in [4.78, 5) is 0. The molecule has 0 aromatic heterocycles. The summed E-state index contributed by atoms with van der Waals surface area (Å²) < 4.78 is 36.0. The van der Waals surface area contributed by atoms with Crippen molar-refractivity contribution in [3.05, 3.63) is 0 Å². The summed E-state index contributed by atoms with van der Waals surface area (Å²) in [5, 5.41) is 5.81. The van der Waals surface area contributed by atoms with Crippen LogP contribution < -0.4 is 10.6 Å². The molecule has 0 amide bonds. The molecule has 1 saturated heterocycles. The molecular formula is C11H21F3N2. The molecule has 1 heterocycles. The second-order valence-corrected chi connectivity index (χ2v) is 5.25. The lowest BCUT2D eigenvalue weighted by atomic mass is 9.75. The van der Waals surface area contributed by atoms with Crippen molar-refractivity contribution in [2.45, 2.75) is 32.9 Å². The van der Waals surface area contributed by atoms with E-state index in [0.717, 1.165) is 25.9 Å². The fourth-order valence-electron chi connectivity index (χ4n) is 2.19. The second kappa shape index (κ2) is 5.36. The zero-order chi connectivity index (χ0) is 12.2. The van der Waals surface area contributed by atoms with E-state index in [2.05, 4.69) is 10.6 Å². The van der Waals surface area contributed by atoms with Gasteiger partial charge in [-0.15, -0.1) is 0 Å². The highest BCUT2D eigenvalue weighted by Gasteiger charge is 2.32. The Labute approximate surface area is 95.0 Å². The highest BCUT2D eigenvalue weighted by Crippen LogP contribution is 2.31. The van der Waals surface area contributed by atoms with E-state index in [1.165, 1.54) is 0 Å². The van der Waals surface area contributed by atoms with E-state index in [0.29, 0.717) is 12.5 Å². The van der Waals surface area contributed by atoms with E-state index in [1.54, 1.807) is 0 Å². The number of alkyl halides is 3. The predicted octanol–water partition coefficient (Wildman–Crippen LogP) is 2.16. The van der Waals surface area contributed by atoms with Crippen LogP contribution >= 0.6 is 0 Å². The Balaban J connectivity index is 2.32. The third-order valence-electron chi connectivity index (χ3n) is 3.31. The van der Waals surface area contributed by atoms with Gasteiger partial charge in [-0.05, 0) is 37.3 Å². The van der Waals surface area contributed by atoms with Crippen LogP contribution in [0.5, 0.6) is 0 Å². The third-order valence-corrected chi connectivity index (χ3v) is 3.31. The first kappa shape index (κ1) is 13.8. The zero-order valence-electron chi connectivity index (χ0n) is 9.95. The first-order valence-electron chi connectivity index (χ1n) is 5.79.